The van der Waals surface area contributed by atoms with Gasteiger partial charge in [-0.15, -0.1) is 0 Å². The van der Waals surface area contributed by atoms with Crippen LogP contribution in [0.5, 0.6) is 17.2 Å². The second-order valence-corrected chi connectivity index (χ2v) is 16.0. The molecule has 62 heavy (non-hydrogen) atoms. The zero-order valence-electron chi connectivity index (χ0n) is 34.3. The number of hydrogen-bond donors (Lipinski definition) is 2. The van der Waals surface area contributed by atoms with Crippen molar-refractivity contribution in [3.05, 3.63) is 134 Å². The molecule has 1 saturated carbocycles. The number of nitrogens with one attached hydrogen (secondary N) is 1. The molecule has 6 atom stereocenters. The number of ether oxygens (including phenoxy) is 2. The molecular weight excluding hydrogens is 801 g/mol. The van der Waals surface area contributed by atoms with E-state index in [1.165, 1.54) is 33.2 Å². The summed E-state index contributed by atoms with van der Waals surface area (Å²) in [5, 5.41) is 36.3. The maximum absolute atomic E-state index is 15.4. The zero-order valence-corrected chi connectivity index (χ0v) is 34.3. The van der Waals surface area contributed by atoms with Crippen LogP contribution >= 0.6 is 0 Å². The van der Waals surface area contributed by atoms with Crippen molar-refractivity contribution in [2.75, 3.05) is 43.5 Å². The van der Waals surface area contributed by atoms with Gasteiger partial charge in [0.1, 0.15) is 0 Å². The number of amides is 4. The number of benzene rings is 4. The zero-order chi connectivity index (χ0) is 44.4. The lowest BCUT2D eigenvalue weighted by Crippen LogP contribution is -2.54. The highest BCUT2D eigenvalue weighted by Crippen LogP contribution is 2.62. The third-order valence-corrected chi connectivity index (χ3v) is 12.6. The van der Waals surface area contributed by atoms with Gasteiger partial charge in [0.05, 0.1) is 58.6 Å². The third kappa shape index (κ3) is 6.30. The van der Waals surface area contributed by atoms with E-state index in [0.717, 1.165) is 27.6 Å². The van der Waals surface area contributed by atoms with Crippen molar-refractivity contribution >= 4 is 58.1 Å². The third-order valence-electron chi connectivity index (χ3n) is 12.6. The van der Waals surface area contributed by atoms with Crippen LogP contribution in [0.3, 0.4) is 0 Å². The summed E-state index contributed by atoms with van der Waals surface area (Å²) in [6, 6.07) is 21.2. The van der Waals surface area contributed by atoms with Gasteiger partial charge < -0.3 is 19.5 Å². The summed E-state index contributed by atoms with van der Waals surface area (Å²) in [5.41, 5.74) is 2.67. The van der Waals surface area contributed by atoms with Gasteiger partial charge in [-0.25, -0.2) is 4.90 Å². The molecule has 17 heteroatoms. The average molecular weight is 843 g/mol. The number of nitro benzene ring substituents is 2. The summed E-state index contributed by atoms with van der Waals surface area (Å²) < 4.78 is 10.8. The van der Waals surface area contributed by atoms with Crippen LogP contribution < -0.4 is 24.7 Å². The fraction of sp³-hybridized carbons (Fsp3) is 0.289. The summed E-state index contributed by atoms with van der Waals surface area (Å²) in [6.45, 7) is 1.91. The Morgan fingerprint density at radius 1 is 0.855 bits per heavy atom. The first-order valence-corrected chi connectivity index (χ1v) is 19.8. The van der Waals surface area contributed by atoms with E-state index in [4.69, 9.17) is 9.47 Å². The highest BCUT2D eigenvalue weighted by atomic mass is 16.6. The number of allylic oxidation sites excluding steroid dienone is 3. The Balaban J connectivity index is 1.30. The van der Waals surface area contributed by atoms with Crippen molar-refractivity contribution < 1.29 is 43.6 Å². The Kier molecular flexibility index (Phi) is 10.3. The van der Waals surface area contributed by atoms with E-state index in [2.05, 4.69) is 5.43 Å². The summed E-state index contributed by atoms with van der Waals surface area (Å²) in [6.07, 6.45) is 5.35. The molecule has 2 heterocycles. The van der Waals surface area contributed by atoms with Crippen molar-refractivity contribution in [3.8, 4) is 17.2 Å². The number of aromatic hydroxyl groups is 1. The highest BCUT2D eigenvalue weighted by molar-refractivity contribution is 6.23. The van der Waals surface area contributed by atoms with Crippen molar-refractivity contribution in [3.63, 3.8) is 0 Å². The van der Waals surface area contributed by atoms with Gasteiger partial charge >= 0.3 is 11.4 Å². The number of hydrogen-bond acceptors (Lipinski definition) is 13. The van der Waals surface area contributed by atoms with E-state index in [9.17, 15) is 39.7 Å². The Morgan fingerprint density at radius 3 is 2.03 bits per heavy atom. The Hall–Kier alpha value is -7.56. The van der Waals surface area contributed by atoms with Crippen LogP contribution in [0.2, 0.25) is 0 Å². The van der Waals surface area contributed by atoms with Gasteiger partial charge in [0, 0.05) is 32.1 Å². The van der Waals surface area contributed by atoms with Crippen LogP contribution in [0.4, 0.5) is 28.4 Å². The molecule has 2 aliphatic heterocycles. The molecule has 2 saturated heterocycles. The number of nitrogens with zero attached hydrogens (tertiary/aromatic N) is 5. The van der Waals surface area contributed by atoms with Gasteiger partial charge in [-0.1, -0.05) is 71.8 Å². The molecule has 0 spiro atoms. The largest absolute Gasteiger partial charge is 0.502 e. The molecule has 17 nitrogen and oxygen atoms in total. The first kappa shape index (κ1) is 41.2. The maximum atomic E-state index is 15.4. The van der Waals surface area contributed by atoms with Gasteiger partial charge in [-0.2, -0.15) is 5.01 Å². The number of nitro groups is 2. The fourth-order valence-electron chi connectivity index (χ4n) is 9.92. The molecule has 3 fully saturated rings. The lowest BCUT2D eigenvalue weighted by Gasteiger charge is -2.49. The molecule has 0 radical (unpaired) electrons. The number of hydrazine groups is 1. The van der Waals surface area contributed by atoms with Gasteiger partial charge in [-0.3, -0.25) is 44.8 Å². The minimum atomic E-state index is -1.57. The standard InChI is InChI=1S/C45H42N6O11/c1-24-11-14-27(15-12-24)46-49-42(54)33-23-31-29(16-17-30-38(31)43(55)48(41(30)53)28-21-34(50(57)58)39(47(2)3)35(22-28)51(59)60)32(45(33,44(49)56)26-9-7-6-8-10-26)18-13-25-19-36(61-4)40(52)37(20-25)62-5/h6-16,18-22,30-33,38,46,52H,17,23H2,1-5H3/t30-,31+,32-,33-,38-,45-/m0/s1. The number of anilines is 3. The molecular formula is C45H42N6O11. The SMILES string of the molecule is COc1cc(C=C[C@H]2C3=CC[C@@H]4C(=O)N(c5cc([N+](=O)[O-])c(N(C)C)c([N+](=O)[O-])c5)C(=O)[C@@H]4[C@@H]3C[C@H]3C(=O)N(Nc4ccc(C)cc4)C(=O)[C@@]23c2ccccc2)cc(OC)c1O. The Labute approximate surface area is 355 Å². The number of aryl methyl sites for hydroxylation is 1. The van der Waals surface area contributed by atoms with Crippen LogP contribution in [-0.2, 0) is 24.6 Å². The van der Waals surface area contributed by atoms with Crippen LogP contribution in [-0.4, -0.2) is 71.9 Å². The second kappa shape index (κ2) is 15.5. The lowest BCUT2D eigenvalue weighted by atomic mass is 9.50. The lowest BCUT2D eigenvalue weighted by molar-refractivity contribution is -0.392. The predicted octanol–water partition coefficient (Wildman–Crippen LogP) is 6.34. The van der Waals surface area contributed by atoms with Crippen LogP contribution in [0.1, 0.15) is 29.5 Å². The van der Waals surface area contributed by atoms with Crippen molar-refractivity contribution in [1.82, 2.24) is 5.01 Å². The summed E-state index contributed by atoms with van der Waals surface area (Å²) in [7, 11) is 5.60. The molecule has 318 valence electrons. The molecule has 2 aliphatic carbocycles. The van der Waals surface area contributed by atoms with Crippen LogP contribution in [0.15, 0.2) is 96.6 Å². The van der Waals surface area contributed by atoms with Crippen molar-refractivity contribution in [1.29, 1.82) is 0 Å². The summed E-state index contributed by atoms with van der Waals surface area (Å²) >= 11 is 0. The second-order valence-electron chi connectivity index (χ2n) is 16.0. The molecule has 0 aromatic heterocycles. The van der Waals surface area contributed by atoms with E-state index in [0.29, 0.717) is 22.4 Å². The van der Waals surface area contributed by atoms with Crippen molar-refractivity contribution in [2.24, 2.45) is 29.6 Å². The number of carbonyl (C=O) groups is 4. The van der Waals surface area contributed by atoms with E-state index < -0.39 is 79.9 Å². The monoisotopic (exact) mass is 842 g/mol. The number of phenols is 1. The first-order chi connectivity index (χ1) is 29.6. The average Bonchev–Trinajstić information content (AvgIpc) is 3.64. The molecule has 4 amide bonds. The quantitative estimate of drug-likeness (QED) is 0.0731. The highest BCUT2D eigenvalue weighted by Gasteiger charge is 2.69. The number of imide groups is 2. The van der Waals surface area contributed by atoms with E-state index >= 15 is 4.79 Å². The van der Waals surface area contributed by atoms with E-state index in [1.54, 1.807) is 66.7 Å². The van der Waals surface area contributed by atoms with Gasteiger partial charge in [-0.05, 0) is 61.1 Å². The maximum Gasteiger partial charge on any atom is 0.301 e. The predicted molar refractivity (Wildman–Crippen MR) is 226 cm³/mol. The number of rotatable bonds is 11. The number of carbonyl (C=O) groups excluding carboxylic acids is 4. The smallest absolute Gasteiger partial charge is 0.301 e. The molecule has 2 N–H and O–H groups in total. The first-order valence-electron chi connectivity index (χ1n) is 19.8. The molecule has 8 rings (SSSR count). The van der Waals surface area contributed by atoms with E-state index in [-0.39, 0.29) is 41.5 Å². The molecule has 0 unspecified atom stereocenters. The summed E-state index contributed by atoms with van der Waals surface area (Å²) in [4.78, 5) is 84.5. The topological polar surface area (TPSA) is 215 Å². The molecule has 4 aromatic rings. The minimum Gasteiger partial charge on any atom is -0.502 e. The summed E-state index contributed by atoms with van der Waals surface area (Å²) in [5.74, 6) is -7.32. The number of phenolic OH excluding ortho intramolecular Hbond substituents is 1. The normalized spacial score (nSPS) is 24.1. The van der Waals surface area contributed by atoms with Crippen molar-refractivity contribution in [2.45, 2.75) is 25.2 Å². The van der Waals surface area contributed by atoms with Gasteiger partial charge in [0.25, 0.3) is 11.8 Å². The van der Waals surface area contributed by atoms with Crippen LogP contribution in [0, 0.1) is 56.7 Å². The van der Waals surface area contributed by atoms with Crippen LogP contribution in [0.25, 0.3) is 6.08 Å². The Bertz CT molecular complexity index is 2570. The minimum absolute atomic E-state index is 0.0313. The fourth-order valence-corrected chi connectivity index (χ4v) is 9.92. The molecule has 4 aliphatic rings. The Morgan fingerprint density at radius 2 is 1.47 bits per heavy atom. The van der Waals surface area contributed by atoms with E-state index in [1.807, 2.05) is 25.1 Å². The molecule has 4 aromatic carbocycles. The number of methoxy groups -OCH3 is 2. The van der Waals surface area contributed by atoms with Gasteiger partial charge in [0.15, 0.2) is 17.2 Å². The molecule has 0 bridgehead atoms. The van der Waals surface area contributed by atoms with Gasteiger partial charge in [0.2, 0.25) is 17.6 Å². The number of fused-ring (bicyclic) bond motifs is 4.